The van der Waals surface area contributed by atoms with Crippen LogP contribution in [0.15, 0.2) is 106 Å². The van der Waals surface area contributed by atoms with E-state index in [1.54, 1.807) is 36.7 Å². The fraction of sp³-hybridized carbons (Fsp3) is 0.200. The number of carbonyl (C=O) groups is 2. The van der Waals surface area contributed by atoms with Gasteiger partial charge in [0.1, 0.15) is 0 Å². The van der Waals surface area contributed by atoms with Crippen LogP contribution in [0.1, 0.15) is 45.7 Å². The Morgan fingerprint density at radius 3 is 1.33 bits per heavy atom. The lowest BCUT2D eigenvalue weighted by Gasteiger charge is -2.03. The molecule has 0 heterocycles. The number of rotatable bonds is 11. The highest BCUT2D eigenvalue weighted by molar-refractivity contribution is 5.89. The SMILES string of the molecule is C\C=C/C(=C/C=NCc1ccc(C(=O)OC)cc1)C(/C=C\C)=C/C=NCc1ccc(C(=O)OC)cc1. The highest BCUT2D eigenvalue weighted by Crippen LogP contribution is 2.14. The molecule has 0 bridgehead atoms. The number of allylic oxidation sites excluding steroid dienone is 8. The lowest BCUT2D eigenvalue weighted by atomic mass is 10.0. The van der Waals surface area contributed by atoms with E-state index in [9.17, 15) is 9.59 Å². The number of ether oxygens (including phenoxy) is 2. The minimum atomic E-state index is -0.354. The van der Waals surface area contributed by atoms with Gasteiger partial charge in [-0.25, -0.2) is 9.59 Å². The zero-order chi connectivity index (χ0) is 26.2. The van der Waals surface area contributed by atoms with Crippen LogP contribution in [0.3, 0.4) is 0 Å². The zero-order valence-corrected chi connectivity index (χ0v) is 21.2. The molecule has 0 aliphatic rings. The molecule has 6 nitrogen and oxygen atoms in total. The minimum Gasteiger partial charge on any atom is -0.465 e. The molecule has 0 amide bonds. The van der Waals surface area contributed by atoms with Crippen molar-refractivity contribution in [2.75, 3.05) is 14.2 Å². The van der Waals surface area contributed by atoms with Gasteiger partial charge in [-0.3, -0.25) is 9.98 Å². The Morgan fingerprint density at radius 2 is 1.03 bits per heavy atom. The van der Waals surface area contributed by atoms with E-state index in [1.165, 1.54) is 14.2 Å². The number of benzene rings is 2. The van der Waals surface area contributed by atoms with Crippen LogP contribution in [0.2, 0.25) is 0 Å². The van der Waals surface area contributed by atoms with E-state index in [-0.39, 0.29) is 11.9 Å². The van der Waals surface area contributed by atoms with E-state index in [1.807, 2.05) is 74.6 Å². The third kappa shape index (κ3) is 9.14. The maximum atomic E-state index is 11.5. The Hall–Kier alpha value is -4.32. The number of nitrogens with zero attached hydrogens (tertiary/aromatic N) is 2. The first-order valence-electron chi connectivity index (χ1n) is 11.5. The van der Waals surface area contributed by atoms with Crippen LogP contribution in [0.25, 0.3) is 0 Å². The molecule has 2 aromatic rings. The van der Waals surface area contributed by atoms with Gasteiger partial charge in [0, 0.05) is 12.4 Å². The normalized spacial score (nSPS) is 12.8. The van der Waals surface area contributed by atoms with Crippen LogP contribution >= 0.6 is 0 Å². The lowest BCUT2D eigenvalue weighted by molar-refractivity contribution is 0.0592. The van der Waals surface area contributed by atoms with Gasteiger partial charge in [-0.15, -0.1) is 0 Å². The molecule has 0 unspecified atom stereocenters. The molecule has 0 spiro atoms. The minimum absolute atomic E-state index is 0.354. The van der Waals surface area contributed by atoms with Gasteiger partial charge < -0.3 is 9.47 Å². The summed E-state index contributed by atoms with van der Waals surface area (Å²) in [5.41, 5.74) is 5.01. The van der Waals surface area contributed by atoms with E-state index in [0.29, 0.717) is 24.2 Å². The third-order valence-corrected chi connectivity index (χ3v) is 5.04. The largest absolute Gasteiger partial charge is 0.465 e. The Kier molecular flexibility index (Phi) is 12.1. The maximum Gasteiger partial charge on any atom is 0.337 e. The Morgan fingerprint density at radius 1 is 0.667 bits per heavy atom. The van der Waals surface area contributed by atoms with Crippen molar-refractivity contribution >= 4 is 24.4 Å². The summed E-state index contributed by atoms with van der Waals surface area (Å²) in [6, 6.07) is 14.4. The summed E-state index contributed by atoms with van der Waals surface area (Å²) in [7, 11) is 2.73. The van der Waals surface area contributed by atoms with E-state index in [2.05, 4.69) is 9.98 Å². The molecule has 36 heavy (non-hydrogen) atoms. The van der Waals surface area contributed by atoms with Crippen LogP contribution < -0.4 is 0 Å². The van der Waals surface area contributed by atoms with Gasteiger partial charge in [-0.2, -0.15) is 0 Å². The molecule has 0 N–H and O–H groups in total. The van der Waals surface area contributed by atoms with Crippen molar-refractivity contribution in [3.05, 3.63) is 118 Å². The van der Waals surface area contributed by atoms with Gasteiger partial charge in [-0.1, -0.05) is 48.6 Å². The first-order valence-corrected chi connectivity index (χ1v) is 11.5. The summed E-state index contributed by atoms with van der Waals surface area (Å²) in [6.07, 6.45) is 15.4. The Balaban J connectivity index is 2.07. The topological polar surface area (TPSA) is 77.3 Å². The van der Waals surface area contributed by atoms with Crippen molar-refractivity contribution in [2.24, 2.45) is 9.98 Å². The average Bonchev–Trinajstić information content (AvgIpc) is 2.92. The molecule has 2 rings (SSSR count). The van der Waals surface area contributed by atoms with E-state index >= 15 is 0 Å². The van der Waals surface area contributed by atoms with Crippen molar-refractivity contribution in [3.8, 4) is 0 Å². The van der Waals surface area contributed by atoms with E-state index < -0.39 is 0 Å². The summed E-state index contributed by atoms with van der Waals surface area (Å²) in [5.74, 6) is -0.709. The molecule has 0 fully saturated rings. The number of carbonyl (C=O) groups excluding carboxylic acids is 2. The van der Waals surface area contributed by atoms with Gasteiger partial charge in [0.25, 0.3) is 0 Å². The molecule has 0 atom stereocenters. The summed E-state index contributed by atoms with van der Waals surface area (Å²) < 4.78 is 9.44. The van der Waals surface area contributed by atoms with Gasteiger partial charge >= 0.3 is 11.9 Å². The number of aliphatic imine (C=N–C) groups is 2. The van der Waals surface area contributed by atoms with Crippen LogP contribution in [-0.2, 0) is 22.6 Å². The highest BCUT2D eigenvalue weighted by atomic mass is 16.5. The standard InChI is InChI=1S/C30H32N2O4/c1-5-7-25(17-19-31-21-23-9-13-27(14-10-23)29(33)35-3)26(8-6-2)18-20-32-22-24-11-15-28(16-12-24)30(34)36-4/h5-20H,21-22H2,1-4H3/b7-5-,8-6-,25-17-,26-18+,31-19?,32-20?. The summed E-state index contributed by atoms with van der Waals surface area (Å²) in [6.45, 7) is 4.93. The molecule has 0 aliphatic heterocycles. The predicted octanol–water partition coefficient (Wildman–Crippen LogP) is 6.11. The predicted molar refractivity (Wildman–Crippen MR) is 146 cm³/mol. The fourth-order valence-corrected chi connectivity index (χ4v) is 3.17. The molecule has 0 aromatic heterocycles. The number of methoxy groups -OCH3 is 2. The van der Waals surface area contributed by atoms with Crippen molar-refractivity contribution in [2.45, 2.75) is 26.9 Å². The molecular weight excluding hydrogens is 452 g/mol. The second-order valence-electron chi connectivity index (χ2n) is 7.60. The van der Waals surface area contributed by atoms with Crippen molar-refractivity contribution in [3.63, 3.8) is 0 Å². The van der Waals surface area contributed by atoms with Crippen LogP contribution in [0.5, 0.6) is 0 Å². The molecule has 0 saturated carbocycles. The third-order valence-electron chi connectivity index (χ3n) is 5.04. The maximum absolute atomic E-state index is 11.5. The zero-order valence-electron chi connectivity index (χ0n) is 21.2. The van der Waals surface area contributed by atoms with Crippen molar-refractivity contribution in [1.29, 1.82) is 0 Å². The van der Waals surface area contributed by atoms with Gasteiger partial charge in [0.2, 0.25) is 0 Å². The van der Waals surface area contributed by atoms with Gasteiger partial charge in [-0.05, 0) is 72.5 Å². The van der Waals surface area contributed by atoms with E-state index in [0.717, 1.165) is 22.3 Å². The second-order valence-corrected chi connectivity index (χ2v) is 7.60. The summed E-state index contributed by atoms with van der Waals surface area (Å²) in [5, 5.41) is 0. The molecule has 2 aromatic carbocycles. The monoisotopic (exact) mass is 484 g/mol. The molecule has 0 aliphatic carbocycles. The summed E-state index contributed by atoms with van der Waals surface area (Å²) in [4.78, 5) is 32.1. The fourth-order valence-electron chi connectivity index (χ4n) is 3.17. The average molecular weight is 485 g/mol. The number of hydrogen-bond acceptors (Lipinski definition) is 6. The molecule has 6 heteroatoms. The van der Waals surface area contributed by atoms with Crippen LogP contribution in [0, 0.1) is 0 Å². The van der Waals surface area contributed by atoms with Gasteiger partial charge in [0.05, 0.1) is 38.4 Å². The van der Waals surface area contributed by atoms with Crippen LogP contribution in [0.4, 0.5) is 0 Å². The first-order chi connectivity index (χ1) is 17.5. The first kappa shape index (κ1) is 27.9. The molecule has 186 valence electrons. The quantitative estimate of drug-likeness (QED) is 0.219. The summed E-state index contributed by atoms with van der Waals surface area (Å²) >= 11 is 0. The van der Waals surface area contributed by atoms with Gasteiger partial charge in [0.15, 0.2) is 0 Å². The Bertz CT molecular complexity index is 1090. The van der Waals surface area contributed by atoms with Crippen LogP contribution in [-0.4, -0.2) is 38.6 Å². The van der Waals surface area contributed by atoms with Crippen molar-refractivity contribution < 1.29 is 19.1 Å². The molecule has 0 radical (unpaired) electrons. The number of hydrogen-bond donors (Lipinski definition) is 0. The smallest absolute Gasteiger partial charge is 0.337 e. The highest BCUT2D eigenvalue weighted by Gasteiger charge is 2.04. The van der Waals surface area contributed by atoms with E-state index in [4.69, 9.17) is 9.47 Å². The van der Waals surface area contributed by atoms with Crippen molar-refractivity contribution in [1.82, 2.24) is 0 Å². The lowest BCUT2D eigenvalue weighted by Crippen LogP contribution is -2.00. The molecule has 0 saturated heterocycles. The second kappa shape index (κ2) is 15.6. The Labute approximate surface area is 213 Å². The number of esters is 2. The molecular formula is C30H32N2O4.